The number of anilines is 1. The number of carbonyl (C=O) groups is 2. The van der Waals surface area contributed by atoms with Gasteiger partial charge in [0.1, 0.15) is 17.4 Å². The molecular weight excluding hydrogens is 487 g/mol. The molecule has 12 heteroatoms. The number of hydrogen-bond donors (Lipinski definition) is 3. The number of amides is 1. The molecule has 2 aromatic heterocycles. The van der Waals surface area contributed by atoms with Gasteiger partial charge in [-0.2, -0.15) is 13.2 Å². The van der Waals surface area contributed by atoms with Crippen LogP contribution in [0.1, 0.15) is 32.4 Å². The lowest BCUT2D eigenvalue weighted by Gasteiger charge is -2.34. The van der Waals surface area contributed by atoms with E-state index in [1.165, 1.54) is 11.3 Å². The second-order valence-electron chi connectivity index (χ2n) is 8.66. The third kappa shape index (κ3) is 7.62. The number of fused-ring (bicyclic) bond motifs is 1. The van der Waals surface area contributed by atoms with E-state index in [0.717, 1.165) is 22.3 Å². The minimum Gasteiger partial charge on any atom is -0.488 e. The Morgan fingerprint density at radius 3 is 2.49 bits per heavy atom. The smallest absolute Gasteiger partial charge is 0.488 e. The summed E-state index contributed by atoms with van der Waals surface area (Å²) in [7, 11) is 0. The fraction of sp³-hybridized carbons (Fsp3) is 0.391. The number of benzene rings is 1. The Hall–Kier alpha value is -3.25. The molecule has 0 spiro atoms. The van der Waals surface area contributed by atoms with Gasteiger partial charge in [0, 0.05) is 29.3 Å². The minimum absolute atomic E-state index is 0.0189. The van der Waals surface area contributed by atoms with Gasteiger partial charge in [-0.15, -0.1) is 11.3 Å². The number of hydrogen-bond acceptors (Lipinski definition) is 7. The highest BCUT2D eigenvalue weighted by Crippen LogP contribution is 2.34. The molecule has 1 amide bonds. The van der Waals surface area contributed by atoms with Crippen LogP contribution in [0, 0.1) is 5.92 Å². The summed E-state index contributed by atoms with van der Waals surface area (Å²) in [6.45, 7) is 3.48. The largest absolute Gasteiger partial charge is 0.490 e. The maximum atomic E-state index is 12.4. The monoisotopic (exact) mass is 511 g/mol. The van der Waals surface area contributed by atoms with Crippen molar-refractivity contribution in [3.8, 4) is 5.75 Å². The van der Waals surface area contributed by atoms with Crippen molar-refractivity contribution < 1.29 is 37.7 Å². The number of nitrogens with zero attached hydrogens (tertiary/aromatic N) is 2. The number of halogens is 3. The fourth-order valence-corrected chi connectivity index (χ4v) is 4.04. The molecular formula is C23H24F3N3O5S. The number of aromatic nitrogens is 2. The summed E-state index contributed by atoms with van der Waals surface area (Å²) in [4.78, 5) is 30.1. The molecule has 2 heterocycles. The molecule has 0 atom stereocenters. The quantitative estimate of drug-likeness (QED) is 0.448. The van der Waals surface area contributed by atoms with E-state index in [9.17, 15) is 23.1 Å². The van der Waals surface area contributed by atoms with Gasteiger partial charge in [-0.1, -0.05) is 18.2 Å². The number of pyridine rings is 1. The molecule has 1 saturated carbocycles. The van der Waals surface area contributed by atoms with Gasteiger partial charge in [0.05, 0.1) is 11.3 Å². The first-order valence-corrected chi connectivity index (χ1v) is 11.5. The molecule has 3 aromatic rings. The molecule has 3 N–H and O–H groups in total. The lowest BCUT2D eigenvalue weighted by molar-refractivity contribution is -0.192. The Morgan fingerprint density at radius 2 is 1.86 bits per heavy atom. The van der Waals surface area contributed by atoms with E-state index in [4.69, 9.17) is 14.6 Å². The van der Waals surface area contributed by atoms with Crippen LogP contribution >= 0.6 is 11.3 Å². The number of ether oxygens (including phenoxy) is 1. The van der Waals surface area contributed by atoms with Crippen molar-refractivity contribution in [3.05, 3.63) is 47.6 Å². The van der Waals surface area contributed by atoms with Crippen molar-refractivity contribution in [2.45, 2.75) is 51.0 Å². The van der Waals surface area contributed by atoms with Gasteiger partial charge in [-0.3, -0.25) is 9.78 Å². The predicted octanol–water partition coefficient (Wildman–Crippen LogP) is 4.43. The topological polar surface area (TPSA) is 122 Å². The van der Waals surface area contributed by atoms with Gasteiger partial charge < -0.3 is 20.3 Å². The van der Waals surface area contributed by atoms with Crippen LogP contribution in [0.15, 0.2) is 41.9 Å². The zero-order valence-electron chi connectivity index (χ0n) is 18.9. The minimum atomic E-state index is -5.08. The fourth-order valence-electron chi connectivity index (χ4n) is 3.32. The van der Waals surface area contributed by atoms with Crippen LogP contribution in [0.2, 0.25) is 0 Å². The van der Waals surface area contributed by atoms with Gasteiger partial charge in [0.2, 0.25) is 5.91 Å². The van der Waals surface area contributed by atoms with Crippen LogP contribution in [0.3, 0.4) is 0 Å². The second-order valence-corrected chi connectivity index (χ2v) is 9.52. The molecule has 0 bridgehead atoms. The highest BCUT2D eigenvalue weighted by molar-refractivity contribution is 7.13. The molecule has 35 heavy (non-hydrogen) atoms. The van der Waals surface area contributed by atoms with Crippen LogP contribution < -0.4 is 10.1 Å². The lowest BCUT2D eigenvalue weighted by atomic mass is 9.81. The van der Waals surface area contributed by atoms with Crippen molar-refractivity contribution in [2.75, 3.05) is 5.32 Å². The van der Waals surface area contributed by atoms with Gasteiger partial charge in [0.15, 0.2) is 5.13 Å². The summed E-state index contributed by atoms with van der Waals surface area (Å²) in [5.41, 5.74) is 0.816. The van der Waals surface area contributed by atoms with Crippen molar-refractivity contribution in [1.82, 2.24) is 9.97 Å². The number of nitrogens with one attached hydrogen (secondary N) is 1. The van der Waals surface area contributed by atoms with E-state index in [-0.39, 0.29) is 17.9 Å². The second kappa shape index (κ2) is 10.6. The Labute approximate surface area is 202 Å². The number of para-hydroxylation sites is 1. The summed E-state index contributed by atoms with van der Waals surface area (Å²) in [6, 6.07) is 9.79. The highest BCUT2D eigenvalue weighted by Gasteiger charge is 2.38. The standard InChI is InChI=1S/C21H23N3O3S.C2HF3O2/c1-21(2,26)11-15-12-28-20(23-15)24-19(25)14-9-16(10-14)27-17-7-3-5-13-6-4-8-22-18(13)17;3-2(4,5)1(6)7/h3-8,12,14,16,26H,9-11H2,1-2H3,(H,23,24,25);(H,6,7). The summed E-state index contributed by atoms with van der Waals surface area (Å²) in [5.74, 6) is -2.10. The van der Waals surface area contributed by atoms with Crippen molar-refractivity contribution >= 4 is 39.2 Å². The van der Waals surface area contributed by atoms with E-state index < -0.39 is 17.7 Å². The summed E-state index contributed by atoms with van der Waals surface area (Å²) < 4.78 is 37.8. The summed E-state index contributed by atoms with van der Waals surface area (Å²) in [5, 5.41) is 23.4. The van der Waals surface area contributed by atoms with E-state index in [1.54, 1.807) is 20.0 Å². The SMILES string of the molecule is CC(C)(O)Cc1csc(NC(=O)C2CC(Oc3cccc4cccnc34)C2)n1.O=C(O)C(F)(F)F. The maximum absolute atomic E-state index is 12.4. The molecule has 1 fully saturated rings. The zero-order chi connectivity index (χ0) is 25.8. The number of aliphatic carboxylic acids is 1. The van der Waals surface area contributed by atoms with Gasteiger partial charge in [-0.05, 0) is 38.8 Å². The van der Waals surface area contributed by atoms with Crippen LogP contribution in [0.5, 0.6) is 5.75 Å². The van der Waals surface area contributed by atoms with Crippen LogP contribution in [0.4, 0.5) is 18.3 Å². The van der Waals surface area contributed by atoms with Crippen molar-refractivity contribution in [1.29, 1.82) is 0 Å². The lowest BCUT2D eigenvalue weighted by Crippen LogP contribution is -2.40. The van der Waals surface area contributed by atoms with Gasteiger partial charge >= 0.3 is 12.1 Å². The van der Waals surface area contributed by atoms with Crippen LogP contribution in [0.25, 0.3) is 10.9 Å². The molecule has 1 aromatic carbocycles. The summed E-state index contributed by atoms with van der Waals surface area (Å²) in [6.07, 6.45) is -1.50. The van der Waals surface area contributed by atoms with Gasteiger partial charge in [-0.25, -0.2) is 9.78 Å². The number of carbonyl (C=O) groups excluding carboxylic acids is 1. The maximum Gasteiger partial charge on any atom is 0.490 e. The number of aliphatic hydroxyl groups is 1. The Balaban J connectivity index is 0.000000429. The zero-order valence-corrected chi connectivity index (χ0v) is 19.7. The molecule has 188 valence electrons. The van der Waals surface area contributed by atoms with Crippen LogP contribution in [-0.4, -0.2) is 49.9 Å². The molecule has 1 aliphatic rings. The third-order valence-corrected chi connectivity index (χ3v) is 5.80. The third-order valence-electron chi connectivity index (χ3n) is 4.99. The average Bonchev–Trinajstić information content (AvgIpc) is 3.14. The Kier molecular flexibility index (Phi) is 7.96. The van der Waals surface area contributed by atoms with E-state index in [1.807, 2.05) is 35.7 Å². The number of carboxylic acids is 1. The van der Waals surface area contributed by atoms with E-state index in [0.29, 0.717) is 24.4 Å². The number of rotatable bonds is 6. The molecule has 1 aliphatic carbocycles. The number of thiazole rings is 1. The Bertz CT molecular complexity index is 1180. The molecule has 0 aliphatic heterocycles. The normalized spacial score (nSPS) is 17.7. The molecule has 0 saturated heterocycles. The molecule has 0 unspecified atom stereocenters. The first-order chi connectivity index (χ1) is 16.3. The van der Waals surface area contributed by atoms with E-state index in [2.05, 4.69) is 15.3 Å². The predicted molar refractivity (Wildman–Crippen MR) is 123 cm³/mol. The Morgan fingerprint density at radius 1 is 1.20 bits per heavy atom. The van der Waals surface area contributed by atoms with Gasteiger partial charge in [0.25, 0.3) is 0 Å². The first-order valence-electron chi connectivity index (χ1n) is 10.6. The van der Waals surface area contributed by atoms with Crippen molar-refractivity contribution in [3.63, 3.8) is 0 Å². The van der Waals surface area contributed by atoms with Crippen LogP contribution in [-0.2, 0) is 16.0 Å². The summed E-state index contributed by atoms with van der Waals surface area (Å²) >= 11 is 1.38. The van der Waals surface area contributed by atoms with Crippen molar-refractivity contribution in [2.24, 2.45) is 5.92 Å². The molecule has 0 radical (unpaired) electrons. The number of alkyl halides is 3. The molecule has 8 nitrogen and oxygen atoms in total. The average molecular weight is 512 g/mol. The van der Waals surface area contributed by atoms with E-state index >= 15 is 0 Å². The number of carboxylic acid groups (broad SMARTS) is 1. The highest BCUT2D eigenvalue weighted by atomic mass is 32.1. The first kappa shape index (κ1) is 26.4. The molecule has 4 rings (SSSR count).